The van der Waals surface area contributed by atoms with Gasteiger partial charge in [-0.2, -0.15) is 5.10 Å². The van der Waals surface area contributed by atoms with Gasteiger partial charge in [-0.3, -0.25) is 4.68 Å². The molecular weight excluding hydrogens is 274 g/mol. The predicted molar refractivity (Wildman–Crippen MR) is 80.7 cm³/mol. The van der Waals surface area contributed by atoms with E-state index in [4.69, 9.17) is 5.10 Å². The Morgan fingerprint density at radius 3 is 2.55 bits per heavy atom. The number of hydrogen-bond donors (Lipinski definition) is 1. The summed E-state index contributed by atoms with van der Waals surface area (Å²) in [4.78, 5) is 0. The van der Waals surface area contributed by atoms with Gasteiger partial charge in [0.25, 0.3) is 0 Å². The van der Waals surface area contributed by atoms with Gasteiger partial charge in [-0.25, -0.2) is 8.42 Å². The fraction of sp³-hybridized carbons (Fsp3) is 0.786. The lowest BCUT2D eigenvalue weighted by Crippen LogP contribution is -2.17. The average Bonchev–Trinajstić information content (AvgIpc) is 2.95. The van der Waals surface area contributed by atoms with E-state index in [1.807, 2.05) is 4.68 Å². The fourth-order valence-electron chi connectivity index (χ4n) is 2.94. The first kappa shape index (κ1) is 15.5. The lowest BCUT2D eigenvalue weighted by atomic mass is 10.1. The summed E-state index contributed by atoms with van der Waals surface area (Å²) < 4.78 is 25.4. The third-order valence-corrected chi connectivity index (χ3v) is 5.73. The van der Waals surface area contributed by atoms with E-state index < -0.39 is 9.84 Å². The van der Waals surface area contributed by atoms with Crippen LogP contribution in [0.5, 0.6) is 0 Å². The molecule has 0 amide bonds. The second-order valence-electron chi connectivity index (χ2n) is 5.36. The molecule has 1 aliphatic heterocycles. The number of hydrogen-bond acceptors (Lipinski definition) is 4. The van der Waals surface area contributed by atoms with Crippen LogP contribution < -0.4 is 5.32 Å². The average molecular weight is 299 g/mol. The van der Waals surface area contributed by atoms with Crippen LogP contribution in [0.4, 0.5) is 0 Å². The van der Waals surface area contributed by atoms with Crippen LogP contribution in [0.3, 0.4) is 0 Å². The molecule has 20 heavy (non-hydrogen) atoms. The smallest absolute Gasteiger partial charge is 0.152 e. The van der Waals surface area contributed by atoms with Crippen LogP contribution in [-0.2, 0) is 29.2 Å². The molecule has 2 heterocycles. The van der Waals surface area contributed by atoms with Gasteiger partial charge in [-0.15, -0.1) is 0 Å². The van der Waals surface area contributed by atoms with Gasteiger partial charge >= 0.3 is 0 Å². The number of aryl methyl sites for hydroxylation is 1. The van der Waals surface area contributed by atoms with E-state index in [2.05, 4.69) is 26.1 Å². The molecule has 0 aliphatic carbocycles. The molecule has 0 spiro atoms. The van der Waals surface area contributed by atoms with Crippen molar-refractivity contribution in [2.45, 2.75) is 52.6 Å². The minimum atomic E-state index is -2.87. The molecule has 2 rings (SSSR count). The molecule has 0 radical (unpaired) electrons. The Kier molecular flexibility index (Phi) is 4.86. The molecule has 1 aromatic heterocycles. The number of sulfone groups is 1. The summed E-state index contributed by atoms with van der Waals surface area (Å²) in [5.74, 6) is 0.538. The zero-order valence-corrected chi connectivity index (χ0v) is 13.5. The maximum atomic E-state index is 11.7. The third kappa shape index (κ3) is 3.06. The van der Waals surface area contributed by atoms with E-state index in [-0.39, 0.29) is 11.8 Å². The Morgan fingerprint density at radius 2 is 2.05 bits per heavy atom. The van der Waals surface area contributed by atoms with Crippen LogP contribution in [-0.4, -0.2) is 36.2 Å². The summed E-state index contributed by atoms with van der Waals surface area (Å²) in [6, 6.07) is 0.0237. The van der Waals surface area contributed by atoms with Gasteiger partial charge in [0.15, 0.2) is 9.84 Å². The van der Waals surface area contributed by atoms with Crippen LogP contribution >= 0.6 is 0 Å². The van der Waals surface area contributed by atoms with Gasteiger partial charge < -0.3 is 5.32 Å². The molecule has 1 saturated heterocycles. The van der Waals surface area contributed by atoms with Crippen LogP contribution in [0.25, 0.3) is 0 Å². The maximum Gasteiger partial charge on any atom is 0.152 e. The lowest BCUT2D eigenvalue weighted by Gasteiger charge is -2.13. The van der Waals surface area contributed by atoms with Crippen molar-refractivity contribution >= 4 is 9.84 Å². The van der Waals surface area contributed by atoms with Crippen molar-refractivity contribution < 1.29 is 8.42 Å². The van der Waals surface area contributed by atoms with Crippen molar-refractivity contribution in [2.75, 3.05) is 18.1 Å². The van der Waals surface area contributed by atoms with Gasteiger partial charge in [0.1, 0.15) is 0 Å². The highest BCUT2D eigenvalue weighted by atomic mass is 32.2. The van der Waals surface area contributed by atoms with Gasteiger partial charge in [-0.05, 0) is 25.8 Å². The van der Waals surface area contributed by atoms with Crippen LogP contribution in [0.15, 0.2) is 0 Å². The van der Waals surface area contributed by atoms with E-state index in [0.29, 0.717) is 12.2 Å². The minimum absolute atomic E-state index is 0.0237. The van der Waals surface area contributed by atoms with Crippen molar-refractivity contribution in [3.63, 3.8) is 0 Å². The summed E-state index contributed by atoms with van der Waals surface area (Å²) in [5, 5.41) is 8.07. The second kappa shape index (κ2) is 6.26. The van der Waals surface area contributed by atoms with Crippen molar-refractivity contribution in [3.8, 4) is 0 Å². The first-order valence-electron chi connectivity index (χ1n) is 7.52. The molecule has 1 aromatic rings. The zero-order chi connectivity index (χ0) is 14.8. The Balaban J connectivity index is 2.35. The summed E-state index contributed by atoms with van der Waals surface area (Å²) in [6.07, 6.45) is 2.48. The number of nitrogens with zero attached hydrogens (tertiary/aromatic N) is 2. The van der Waals surface area contributed by atoms with Crippen molar-refractivity contribution in [1.29, 1.82) is 0 Å². The molecule has 0 saturated carbocycles. The first-order chi connectivity index (χ1) is 9.52. The Bertz CT molecular complexity index is 563. The summed E-state index contributed by atoms with van der Waals surface area (Å²) in [6.45, 7) is 8.06. The number of aromatic nitrogens is 2. The van der Waals surface area contributed by atoms with Crippen LogP contribution in [0.2, 0.25) is 0 Å². The van der Waals surface area contributed by atoms with Crippen LogP contribution in [0, 0.1) is 0 Å². The zero-order valence-electron chi connectivity index (χ0n) is 12.6. The molecule has 1 atom stereocenters. The topological polar surface area (TPSA) is 64.0 Å². The van der Waals surface area contributed by atoms with Gasteiger partial charge in [-0.1, -0.05) is 20.8 Å². The Hall–Kier alpha value is -0.880. The molecule has 1 fully saturated rings. The molecule has 0 aromatic carbocycles. The lowest BCUT2D eigenvalue weighted by molar-refractivity contribution is 0.477. The molecule has 114 valence electrons. The summed E-state index contributed by atoms with van der Waals surface area (Å²) >= 11 is 0. The summed E-state index contributed by atoms with van der Waals surface area (Å²) in [7, 11) is -2.87. The van der Waals surface area contributed by atoms with Gasteiger partial charge in [0, 0.05) is 17.8 Å². The van der Waals surface area contributed by atoms with Crippen molar-refractivity contribution in [2.24, 2.45) is 0 Å². The van der Waals surface area contributed by atoms with Crippen molar-refractivity contribution in [1.82, 2.24) is 15.1 Å². The van der Waals surface area contributed by atoms with E-state index in [1.165, 1.54) is 11.3 Å². The number of rotatable bonds is 6. The van der Waals surface area contributed by atoms with Crippen molar-refractivity contribution in [3.05, 3.63) is 17.0 Å². The number of nitrogens with one attached hydrogen (secondary N) is 1. The molecule has 0 bridgehead atoms. The fourth-order valence-corrected chi connectivity index (χ4v) is 4.63. The monoisotopic (exact) mass is 299 g/mol. The standard InChI is InChI=1S/C14H25N3O2S/c1-4-13-12(9-15-6-3)14(5-2)17(16-13)11-7-8-20(18,19)10-11/h11,15H,4-10H2,1-3H3. The van der Waals surface area contributed by atoms with Crippen LogP contribution in [0.1, 0.15) is 50.2 Å². The highest BCUT2D eigenvalue weighted by molar-refractivity contribution is 7.91. The third-order valence-electron chi connectivity index (χ3n) is 3.98. The first-order valence-corrected chi connectivity index (χ1v) is 9.34. The summed E-state index contributed by atoms with van der Waals surface area (Å²) in [5.41, 5.74) is 3.57. The molecule has 1 unspecified atom stereocenters. The predicted octanol–water partition coefficient (Wildman–Crippen LogP) is 1.48. The van der Waals surface area contributed by atoms with Gasteiger partial charge in [0.05, 0.1) is 23.2 Å². The highest BCUT2D eigenvalue weighted by Gasteiger charge is 2.32. The SMILES string of the molecule is CCNCc1c(CC)nn(C2CCS(=O)(=O)C2)c1CC. The minimum Gasteiger partial charge on any atom is -0.313 e. The van der Waals surface area contributed by atoms with E-state index in [1.54, 1.807) is 0 Å². The molecular formula is C14H25N3O2S. The maximum absolute atomic E-state index is 11.7. The van der Waals surface area contributed by atoms with E-state index >= 15 is 0 Å². The van der Waals surface area contributed by atoms with E-state index in [0.717, 1.165) is 31.6 Å². The molecule has 5 nitrogen and oxygen atoms in total. The Labute approximate surface area is 121 Å². The molecule has 1 aliphatic rings. The normalized spacial score (nSPS) is 21.4. The van der Waals surface area contributed by atoms with Gasteiger partial charge in [0.2, 0.25) is 0 Å². The molecule has 6 heteroatoms. The molecule has 1 N–H and O–H groups in total. The quantitative estimate of drug-likeness (QED) is 0.864. The highest BCUT2D eigenvalue weighted by Crippen LogP contribution is 2.27. The largest absolute Gasteiger partial charge is 0.313 e. The second-order valence-corrected chi connectivity index (χ2v) is 7.59. The van der Waals surface area contributed by atoms with E-state index in [9.17, 15) is 8.42 Å². The Morgan fingerprint density at radius 1 is 1.30 bits per heavy atom.